The van der Waals surface area contributed by atoms with Gasteiger partial charge in [-0.2, -0.15) is 0 Å². The van der Waals surface area contributed by atoms with Gasteiger partial charge in [-0.3, -0.25) is 0 Å². The predicted molar refractivity (Wildman–Crippen MR) is 80.8 cm³/mol. The van der Waals surface area contributed by atoms with Gasteiger partial charge in [0, 0.05) is 25.3 Å². The Balaban J connectivity index is 1.81. The number of rotatable bonds is 2. The van der Waals surface area contributed by atoms with Gasteiger partial charge in [0.2, 0.25) is 0 Å². The summed E-state index contributed by atoms with van der Waals surface area (Å²) in [7, 11) is 4.51. The van der Waals surface area contributed by atoms with E-state index in [1.807, 2.05) is 0 Å². The number of benzene rings is 1. The van der Waals surface area contributed by atoms with Crippen LogP contribution in [-0.2, 0) is 13.0 Å². The maximum absolute atomic E-state index is 3.47. The molecule has 0 amide bonds. The molecule has 1 fully saturated rings. The van der Waals surface area contributed by atoms with Crippen molar-refractivity contribution in [2.75, 3.05) is 38.6 Å². The van der Waals surface area contributed by atoms with Crippen molar-refractivity contribution in [3.05, 3.63) is 29.3 Å². The van der Waals surface area contributed by atoms with Gasteiger partial charge < -0.3 is 15.1 Å². The number of likely N-dealkylation sites (tertiary alicyclic amines) is 1. The van der Waals surface area contributed by atoms with Crippen LogP contribution in [0.25, 0.3) is 0 Å². The van der Waals surface area contributed by atoms with Crippen molar-refractivity contribution in [2.45, 2.75) is 31.8 Å². The van der Waals surface area contributed by atoms with Gasteiger partial charge in [-0.1, -0.05) is 12.1 Å². The summed E-state index contributed by atoms with van der Waals surface area (Å²) in [5.74, 6) is 0. The van der Waals surface area contributed by atoms with Crippen LogP contribution in [0.5, 0.6) is 0 Å². The van der Waals surface area contributed by atoms with E-state index in [1.54, 1.807) is 5.56 Å². The second kappa shape index (κ2) is 5.51. The van der Waals surface area contributed by atoms with Gasteiger partial charge in [-0.15, -0.1) is 0 Å². The first-order valence-electron chi connectivity index (χ1n) is 7.48. The maximum atomic E-state index is 3.47. The third kappa shape index (κ3) is 2.63. The van der Waals surface area contributed by atoms with Crippen molar-refractivity contribution in [1.82, 2.24) is 10.2 Å². The summed E-state index contributed by atoms with van der Waals surface area (Å²) in [6.07, 6.45) is 3.74. The molecule has 19 heavy (non-hydrogen) atoms. The van der Waals surface area contributed by atoms with Crippen molar-refractivity contribution in [3.63, 3.8) is 0 Å². The normalized spacial score (nSPS) is 21.2. The number of nitrogens with zero attached hydrogens (tertiary/aromatic N) is 2. The van der Waals surface area contributed by atoms with Gasteiger partial charge in [-0.05, 0) is 63.1 Å². The molecule has 0 bridgehead atoms. The van der Waals surface area contributed by atoms with Crippen LogP contribution in [0.4, 0.5) is 5.69 Å². The van der Waals surface area contributed by atoms with E-state index in [0.717, 1.165) is 13.1 Å². The molecule has 0 radical (unpaired) electrons. The Labute approximate surface area is 116 Å². The molecule has 1 N–H and O–H groups in total. The standard InChI is InChI=1S/C16H25N3/c1-18-10-7-14(8-11-18)19(2)16-5-3-4-13-12-17-9-6-15(13)16/h3-5,14,17H,6-12H2,1-2H3. The molecule has 2 aliphatic heterocycles. The monoisotopic (exact) mass is 259 g/mol. The highest BCUT2D eigenvalue weighted by Crippen LogP contribution is 2.29. The third-order valence-electron chi connectivity index (χ3n) is 4.73. The number of hydrogen-bond acceptors (Lipinski definition) is 3. The van der Waals surface area contributed by atoms with E-state index >= 15 is 0 Å². The first kappa shape index (κ1) is 12.9. The van der Waals surface area contributed by atoms with Crippen LogP contribution in [0.1, 0.15) is 24.0 Å². The number of fused-ring (bicyclic) bond motifs is 1. The Morgan fingerprint density at radius 2 is 2.05 bits per heavy atom. The number of nitrogens with one attached hydrogen (secondary N) is 1. The Morgan fingerprint density at radius 3 is 2.84 bits per heavy atom. The summed E-state index contributed by atoms with van der Waals surface area (Å²) < 4.78 is 0. The summed E-state index contributed by atoms with van der Waals surface area (Å²) in [4.78, 5) is 4.98. The molecule has 1 aromatic carbocycles. The topological polar surface area (TPSA) is 18.5 Å². The summed E-state index contributed by atoms with van der Waals surface area (Å²) in [5.41, 5.74) is 4.53. The highest BCUT2D eigenvalue weighted by Gasteiger charge is 2.23. The van der Waals surface area contributed by atoms with Crippen LogP contribution in [-0.4, -0.2) is 44.7 Å². The lowest BCUT2D eigenvalue weighted by molar-refractivity contribution is 0.252. The highest BCUT2D eigenvalue weighted by atomic mass is 15.2. The van der Waals surface area contributed by atoms with Crippen LogP contribution >= 0.6 is 0 Å². The first-order valence-corrected chi connectivity index (χ1v) is 7.48. The summed E-state index contributed by atoms with van der Waals surface area (Å²) in [5, 5.41) is 3.47. The summed E-state index contributed by atoms with van der Waals surface area (Å²) in [6, 6.07) is 7.50. The van der Waals surface area contributed by atoms with Crippen LogP contribution in [0.15, 0.2) is 18.2 Å². The second-order valence-electron chi connectivity index (χ2n) is 5.99. The molecule has 2 aliphatic rings. The van der Waals surface area contributed by atoms with Gasteiger partial charge in [0.1, 0.15) is 0 Å². The summed E-state index contributed by atoms with van der Waals surface area (Å²) in [6.45, 7) is 4.60. The zero-order valence-electron chi connectivity index (χ0n) is 12.2. The zero-order chi connectivity index (χ0) is 13.2. The van der Waals surface area contributed by atoms with E-state index in [2.05, 4.69) is 47.4 Å². The lowest BCUT2D eigenvalue weighted by Crippen LogP contribution is -2.42. The van der Waals surface area contributed by atoms with Crippen LogP contribution in [0, 0.1) is 0 Å². The van der Waals surface area contributed by atoms with Crippen molar-refractivity contribution in [3.8, 4) is 0 Å². The SMILES string of the molecule is CN1CCC(N(C)c2cccc3c2CCNC3)CC1. The minimum absolute atomic E-state index is 0.706. The van der Waals surface area contributed by atoms with Gasteiger partial charge in [-0.25, -0.2) is 0 Å². The van der Waals surface area contributed by atoms with Gasteiger partial charge >= 0.3 is 0 Å². The predicted octanol–water partition coefficient (Wildman–Crippen LogP) is 1.86. The Morgan fingerprint density at radius 1 is 1.26 bits per heavy atom. The largest absolute Gasteiger partial charge is 0.371 e. The minimum Gasteiger partial charge on any atom is -0.371 e. The van der Waals surface area contributed by atoms with Crippen molar-refractivity contribution in [2.24, 2.45) is 0 Å². The van der Waals surface area contributed by atoms with Gasteiger partial charge in [0.15, 0.2) is 0 Å². The Hall–Kier alpha value is -1.06. The fourth-order valence-corrected chi connectivity index (χ4v) is 3.42. The molecule has 0 aromatic heterocycles. The molecule has 2 heterocycles. The first-order chi connectivity index (χ1) is 9.25. The average Bonchev–Trinajstić information content (AvgIpc) is 2.47. The van der Waals surface area contributed by atoms with Crippen LogP contribution < -0.4 is 10.2 Å². The summed E-state index contributed by atoms with van der Waals surface area (Å²) >= 11 is 0. The van der Waals surface area contributed by atoms with E-state index in [-0.39, 0.29) is 0 Å². The molecular weight excluding hydrogens is 234 g/mol. The average molecular weight is 259 g/mol. The van der Waals surface area contributed by atoms with E-state index in [9.17, 15) is 0 Å². The fourth-order valence-electron chi connectivity index (χ4n) is 3.42. The van der Waals surface area contributed by atoms with Crippen molar-refractivity contribution in [1.29, 1.82) is 0 Å². The highest BCUT2D eigenvalue weighted by molar-refractivity contribution is 5.58. The fraction of sp³-hybridized carbons (Fsp3) is 0.625. The van der Waals surface area contributed by atoms with E-state index in [4.69, 9.17) is 0 Å². The number of piperidine rings is 1. The lowest BCUT2D eigenvalue weighted by atomic mass is 9.96. The molecule has 1 saturated heterocycles. The van der Waals surface area contributed by atoms with E-state index in [0.29, 0.717) is 6.04 Å². The molecule has 3 rings (SSSR count). The van der Waals surface area contributed by atoms with Crippen molar-refractivity contribution < 1.29 is 0 Å². The second-order valence-corrected chi connectivity index (χ2v) is 5.99. The van der Waals surface area contributed by atoms with Gasteiger partial charge in [0.25, 0.3) is 0 Å². The molecular formula is C16H25N3. The maximum Gasteiger partial charge on any atom is 0.0402 e. The molecule has 3 nitrogen and oxygen atoms in total. The Kier molecular flexibility index (Phi) is 3.76. The molecule has 0 saturated carbocycles. The lowest BCUT2D eigenvalue weighted by Gasteiger charge is -2.38. The van der Waals surface area contributed by atoms with Crippen LogP contribution in [0.2, 0.25) is 0 Å². The molecule has 1 aromatic rings. The molecule has 0 atom stereocenters. The molecule has 104 valence electrons. The van der Waals surface area contributed by atoms with E-state index in [1.165, 1.54) is 43.6 Å². The van der Waals surface area contributed by atoms with Gasteiger partial charge in [0.05, 0.1) is 0 Å². The zero-order valence-corrected chi connectivity index (χ0v) is 12.2. The van der Waals surface area contributed by atoms with Crippen molar-refractivity contribution >= 4 is 5.69 Å². The third-order valence-corrected chi connectivity index (χ3v) is 4.73. The quantitative estimate of drug-likeness (QED) is 0.874. The minimum atomic E-state index is 0.706. The molecule has 0 aliphatic carbocycles. The molecule has 0 spiro atoms. The number of anilines is 1. The van der Waals surface area contributed by atoms with E-state index < -0.39 is 0 Å². The van der Waals surface area contributed by atoms with Crippen LogP contribution in [0.3, 0.4) is 0 Å². The number of hydrogen-bond donors (Lipinski definition) is 1. The molecule has 0 unspecified atom stereocenters. The molecule has 3 heteroatoms. The Bertz CT molecular complexity index is 436. The smallest absolute Gasteiger partial charge is 0.0402 e.